The second-order valence-electron chi connectivity index (χ2n) is 6.75. The van der Waals surface area contributed by atoms with E-state index in [2.05, 4.69) is 9.82 Å². The quantitative estimate of drug-likeness (QED) is 0.467. The molecule has 2 aromatic carbocycles. The highest BCUT2D eigenvalue weighted by Crippen LogP contribution is 2.19. The van der Waals surface area contributed by atoms with E-state index in [0.29, 0.717) is 22.9 Å². The molecule has 0 amide bonds. The number of benzene rings is 2. The van der Waals surface area contributed by atoms with Gasteiger partial charge in [-0.1, -0.05) is 0 Å². The van der Waals surface area contributed by atoms with E-state index in [9.17, 15) is 13.2 Å². The summed E-state index contributed by atoms with van der Waals surface area (Å²) in [5, 5.41) is 4.33. The Bertz CT molecular complexity index is 1180. The lowest BCUT2D eigenvalue weighted by atomic mass is 10.1. The molecular weight excluding hydrogens is 434 g/mol. The molecule has 1 N–H and O–H groups in total. The zero-order chi connectivity index (χ0) is 23.0. The van der Waals surface area contributed by atoms with Crippen molar-refractivity contribution in [3.63, 3.8) is 0 Å². The van der Waals surface area contributed by atoms with Crippen molar-refractivity contribution in [3.05, 3.63) is 71.0 Å². The van der Waals surface area contributed by atoms with Crippen molar-refractivity contribution in [2.45, 2.75) is 6.54 Å². The van der Waals surface area contributed by atoms with Crippen LogP contribution < -0.4 is 24.5 Å². The number of aromatic nitrogens is 2. The summed E-state index contributed by atoms with van der Waals surface area (Å²) in [6.45, 7) is 0.123. The van der Waals surface area contributed by atoms with Crippen LogP contribution in [0.5, 0.6) is 17.2 Å². The van der Waals surface area contributed by atoms with Crippen LogP contribution in [0.3, 0.4) is 0 Å². The molecule has 0 fully saturated rings. The molecule has 1 heterocycles. The number of methoxy groups -OCH3 is 2. The Morgan fingerprint density at radius 3 is 2.09 bits per heavy atom. The lowest BCUT2D eigenvalue weighted by molar-refractivity contribution is 0.339. The Morgan fingerprint density at radius 2 is 1.47 bits per heavy atom. The highest BCUT2D eigenvalue weighted by molar-refractivity contribution is 7.89. The van der Waals surface area contributed by atoms with Crippen molar-refractivity contribution in [3.8, 4) is 28.5 Å². The normalized spacial score (nSPS) is 11.2. The maximum Gasteiger partial charge on any atom is 0.266 e. The van der Waals surface area contributed by atoms with Crippen LogP contribution in [-0.2, 0) is 16.6 Å². The fourth-order valence-corrected chi connectivity index (χ4v) is 3.69. The molecule has 0 spiro atoms. The van der Waals surface area contributed by atoms with Gasteiger partial charge in [-0.25, -0.2) is 17.8 Å². The summed E-state index contributed by atoms with van der Waals surface area (Å²) in [5.41, 5.74) is 1.10. The Balaban J connectivity index is 1.52. The van der Waals surface area contributed by atoms with Gasteiger partial charge < -0.3 is 14.2 Å². The molecule has 0 bridgehead atoms. The Labute approximate surface area is 186 Å². The minimum Gasteiger partial charge on any atom is -0.497 e. The first-order valence-corrected chi connectivity index (χ1v) is 11.5. The van der Waals surface area contributed by atoms with E-state index in [1.807, 2.05) is 12.1 Å². The van der Waals surface area contributed by atoms with E-state index in [1.165, 1.54) is 10.7 Å². The van der Waals surface area contributed by atoms with Gasteiger partial charge in [0.25, 0.3) is 5.56 Å². The average molecular weight is 460 g/mol. The fraction of sp³-hybridized carbons (Fsp3) is 0.273. The van der Waals surface area contributed by atoms with Gasteiger partial charge in [-0.15, -0.1) is 0 Å². The lowest BCUT2D eigenvalue weighted by Gasteiger charge is -2.10. The molecule has 0 radical (unpaired) electrons. The largest absolute Gasteiger partial charge is 0.497 e. The predicted octanol–water partition coefficient (Wildman–Crippen LogP) is 1.93. The second-order valence-corrected chi connectivity index (χ2v) is 8.67. The maximum absolute atomic E-state index is 12.2. The summed E-state index contributed by atoms with van der Waals surface area (Å²) in [6.07, 6.45) is 0. The van der Waals surface area contributed by atoms with Gasteiger partial charge in [0.05, 0.1) is 32.2 Å². The van der Waals surface area contributed by atoms with E-state index < -0.39 is 10.0 Å². The minimum atomic E-state index is -3.57. The van der Waals surface area contributed by atoms with Crippen LogP contribution in [0.1, 0.15) is 0 Å². The van der Waals surface area contributed by atoms with Crippen molar-refractivity contribution < 1.29 is 22.6 Å². The van der Waals surface area contributed by atoms with Crippen LogP contribution in [0.25, 0.3) is 11.3 Å². The van der Waals surface area contributed by atoms with Gasteiger partial charge in [0.1, 0.15) is 23.9 Å². The molecule has 170 valence electrons. The van der Waals surface area contributed by atoms with E-state index in [0.717, 1.165) is 5.56 Å². The van der Waals surface area contributed by atoms with Gasteiger partial charge >= 0.3 is 0 Å². The number of nitrogens with zero attached hydrogens (tertiary/aromatic N) is 2. The number of ether oxygens (including phenoxy) is 3. The van der Waals surface area contributed by atoms with E-state index in [-0.39, 0.29) is 31.0 Å². The van der Waals surface area contributed by atoms with Crippen molar-refractivity contribution in [2.75, 3.05) is 33.1 Å². The van der Waals surface area contributed by atoms with Gasteiger partial charge in [-0.3, -0.25) is 4.79 Å². The van der Waals surface area contributed by atoms with Crippen LogP contribution in [0, 0.1) is 0 Å². The third kappa shape index (κ3) is 6.56. The highest BCUT2D eigenvalue weighted by Gasteiger charge is 2.11. The van der Waals surface area contributed by atoms with Crippen molar-refractivity contribution in [2.24, 2.45) is 0 Å². The van der Waals surface area contributed by atoms with Gasteiger partial charge in [0.15, 0.2) is 0 Å². The van der Waals surface area contributed by atoms with Crippen LogP contribution >= 0.6 is 0 Å². The van der Waals surface area contributed by atoms with E-state index in [4.69, 9.17) is 14.2 Å². The number of nitrogens with one attached hydrogen (secondary N) is 1. The molecule has 1 aromatic heterocycles. The van der Waals surface area contributed by atoms with Crippen molar-refractivity contribution in [1.29, 1.82) is 0 Å². The second kappa shape index (κ2) is 10.8. The third-order valence-electron chi connectivity index (χ3n) is 4.58. The highest BCUT2D eigenvalue weighted by atomic mass is 32.2. The zero-order valence-corrected chi connectivity index (χ0v) is 18.7. The molecule has 32 heavy (non-hydrogen) atoms. The van der Waals surface area contributed by atoms with Gasteiger partial charge in [0.2, 0.25) is 10.0 Å². The first kappa shape index (κ1) is 23.3. The van der Waals surface area contributed by atoms with Crippen LogP contribution in [0.2, 0.25) is 0 Å². The predicted molar refractivity (Wildman–Crippen MR) is 121 cm³/mol. The third-order valence-corrected chi connectivity index (χ3v) is 5.93. The zero-order valence-electron chi connectivity index (χ0n) is 17.9. The number of rotatable bonds is 11. The summed E-state index contributed by atoms with van der Waals surface area (Å²) in [6, 6.07) is 17.2. The summed E-state index contributed by atoms with van der Waals surface area (Å²) in [7, 11) is -0.429. The molecule has 0 atom stereocenters. The number of sulfonamides is 1. The molecule has 0 aliphatic heterocycles. The Kier molecular flexibility index (Phi) is 7.85. The molecule has 3 rings (SSSR count). The molecule has 3 aromatic rings. The van der Waals surface area contributed by atoms with Crippen LogP contribution in [-0.4, -0.2) is 51.3 Å². The molecule has 10 heteroatoms. The topological polar surface area (TPSA) is 109 Å². The Morgan fingerprint density at radius 1 is 0.875 bits per heavy atom. The minimum absolute atomic E-state index is 0.00713. The molecule has 0 saturated heterocycles. The summed E-state index contributed by atoms with van der Waals surface area (Å²) in [4.78, 5) is 12.1. The molecule has 0 unspecified atom stereocenters. The van der Waals surface area contributed by atoms with Gasteiger partial charge in [-0.2, -0.15) is 5.10 Å². The first-order chi connectivity index (χ1) is 15.4. The summed E-state index contributed by atoms with van der Waals surface area (Å²) in [5.74, 6) is 1.74. The SMILES string of the molecule is COc1ccc(OCCS(=O)(=O)NCCn2nc(-c3ccc(OC)cc3)ccc2=O)cc1. The van der Waals surface area contributed by atoms with Crippen LogP contribution in [0.15, 0.2) is 65.5 Å². The van der Waals surface area contributed by atoms with Crippen molar-refractivity contribution in [1.82, 2.24) is 14.5 Å². The molecule has 0 saturated carbocycles. The molecule has 0 aliphatic rings. The molecular formula is C22H25N3O6S. The van der Waals surface area contributed by atoms with Gasteiger partial charge in [-0.05, 0) is 54.6 Å². The lowest BCUT2D eigenvalue weighted by Crippen LogP contribution is -2.34. The standard InChI is InChI=1S/C22H25N3O6S/c1-29-18-5-3-17(4-6-18)21-11-12-22(26)25(24-21)14-13-23-32(27,28)16-15-31-20-9-7-19(30-2)8-10-20/h3-12,23H,13-16H2,1-2H3. The van der Waals surface area contributed by atoms with E-state index >= 15 is 0 Å². The smallest absolute Gasteiger partial charge is 0.266 e. The fourth-order valence-electron chi connectivity index (χ4n) is 2.85. The molecule has 9 nitrogen and oxygen atoms in total. The van der Waals surface area contributed by atoms with Crippen LogP contribution in [0.4, 0.5) is 0 Å². The molecule has 0 aliphatic carbocycles. The van der Waals surface area contributed by atoms with E-state index in [1.54, 1.807) is 56.7 Å². The Hall–Kier alpha value is -3.37. The first-order valence-electron chi connectivity index (χ1n) is 9.87. The maximum atomic E-state index is 12.2. The number of hydrogen-bond donors (Lipinski definition) is 1. The van der Waals surface area contributed by atoms with Crippen molar-refractivity contribution >= 4 is 10.0 Å². The number of hydrogen-bond acceptors (Lipinski definition) is 7. The average Bonchev–Trinajstić information content (AvgIpc) is 2.80. The monoisotopic (exact) mass is 459 g/mol. The summed E-state index contributed by atoms with van der Waals surface area (Å²) < 4.78 is 43.8. The summed E-state index contributed by atoms with van der Waals surface area (Å²) >= 11 is 0. The van der Waals surface area contributed by atoms with Gasteiger partial charge in [0, 0.05) is 18.2 Å².